The van der Waals surface area contributed by atoms with E-state index in [9.17, 15) is 14.4 Å². The summed E-state index contributed by atoms with van der Waals surface area (Å²) in [7, 11) is 0. The van der Waals surface area contributed by atoms with Gasteiger partial charge in [0, 0.05) is 30.9 Å². The number of rotatable bonds is 3. The third-order valence-corrected chi connectivity index (χ3v) is 7.77. The Morgan fingerprint density at radius 2 is 1.80 bits per heavy atom. The summed E-state index contributed by atoms with van der Waals surface area (Å²) in [6.45, 7) is 0.900. The zero-order valence-electron chi connectivity index (χ0n) is 18.9. The van der Waals surface area contributed by atoms with Crippen molar-refractivity contribution in [1.29, 1.82) is 0 Å². The van der Waals surface area contributed by atoms with Crippen LogP contribution >= 0.6 is 0 Å². The monoisotopic (exact) mass is 466 g/mol. The molecule has 7 rings (SSSR count). The van der Waals surface area contributed by atoms with Crippen molar-refractivity contribution in [2.75, 3.05) is 13.1 Å². The van der Waals surface area contributed by atoms with E-state index in [0.29, 0.717) is 25.1 Å². The molecule has 1 amide bonds. The lowest BCUT2D eigenvalue weighted by atomic mass is 9.92. The molecule has 1 aliphatic carbocycles. The molecule has 1 atom stereocenters. The lowest BCUT2D eigenvalue weighted by molar-refractivity contribution is -0.134. The second-order valence-electron chi connectivity index (χ2n) is 9.69. The van der Waals surface area contributed by atoms with Crippen molar-refractivity contribution in [3.05, 3.63) is 94.2 Å². The first kappa shape index (κ1) is 20.2. The van der Waals surface area contributed by atoms with Gasteiger partial charge in [-0.2, -0.15) is 0 Å². The average molecular weight is 466 g/mol. The molecule has 1 saturated carbocycles. The van der Waals surface area contributed by atoms with E-state index in [1.54, 1.807) is 17.0 Å². The maximum atomic E-state index is 13.7. The summed E-state index contributed by atoms with van der Waals surface area (Å²) in [5, 5.41) is 0. The lowest BCUT2D eigenvalue weighted by Crippen LogP contribution is -2.40. The smallest absolute Gasteiger partial charge is 0.341 e. The molecule has 8 nitrogen and oxygen atoms in total. The van der Waals surface area contributed by atoms with Gasteiger partial charge < -0.3 is 14.6 Å². The SMILES string of the molecule is O=C1OC2(CCN(C(=O)C3(c4ccc(-n5c(=O)[nH]c6ccccc65)cc4)CC3)C2)c2ccncc21. The van der Waals surface area contributed by atoms with E-state index in [2.05, 4.69) is 9.97 Å². The number of nitrogens with zero attached hydrogens (tertiary/aromatic N) is 3. The zero-order valence-corrected chi connectivity index (χ0v) is 18.9. The largest absolute Gasteiger partial charge is 0.449 e. The van der Waals surface area contributed by atoms with Crippen LogP contribution in [0.5, 0.6) is 0 Å². The van der Waals surface area contributed by atoms with Gasteiger partial charge in [-0.3, -0.25) is 14.3 Å². The maximum absolute atomic E-state index is 13.7. The van der Waals surface area contributed by atoms with Gasteiger partial charge in [0.05, 0.1) is 34.2 Å². The molecule has 174 valence electrons. The fraction of sp³-hybridized carbons (Fsp3) is 0.259. The van der Waals surface area contributed by atoms with Crippen molar-refractivity contribution in [3.8, 4) is 5.69 Å². The number of likely N-dealkylation sites (tertiary alicyclic amines) is 1. The molecule has 4 aromatic rings. The molecule has 0 radical (unpaired) electrons. The molecule has 1 N–H and O–H groups in total. The fourth-order valence-corrected chi connectivity index (χ4v) is 5.79. The van der Waals surface area contributed by atoms with E-state index in [-0.39, 0.29) is 17.6 Å². The van der Waals surface area contributed by atoms with Crippen LogP contribution in [0.4, 0.5) is 0 Å². The van der Waals surface area contributed by atoms with Gasteiger partial charge in [0.2, 0.25) is 5.91 Å². The van der Waals surface area contributed by atoms with Crippen LogP contribution in [0.3, 0.4) is 0 Å². The number of fused-ring (bicyclic) bond motifs is 3. The number of ether oxygens (including phenoxy) is 1. The molecule has 4 heterocycles. The van der Waals surface area contributed by atoms with Crippen molar-refractivity contribution in [3.63, 3.8) is 0 Å². The van der Waals surface area contributed by atoms with Gasteiger partial charge in [0.25, 0.3) is 0 Å². The summed E-state index contributed by atoms with van der Waals surface area (Å²) in [5.74, 6) is -0.295. The number of hydrogen-bond acceptors (Lipinski definition) is 5. The number of esters is 1. The second-order valence-corrected chi connectivity index (χ2v) is 9.69. The number of pyridine rings is 1. The molecule has 2 aromatic carbocycles. The number of H-pyrrole nitrogens is 1. The number of nitrogens with one attached hydrogen (secondary N) is 1. The van der Waals surface area contributed by atoms with Crippen molar-refractivity contribution in [2.45, 2.75) is 30.3 Å². The highest BCUT2D eigenvalue weighted by molar-refractivity contribution is 5.95. The Bertz CT molecular complexity index is 1580. The number of amides is 1. The van der Waals surface area contributed by atoms with E-state index < -0.39 is 11.0 Å². The molecule has 1 spiro atoms. The van der Waals surface area contributed by atoms with Gasteiger partial charge in [0.15, 0.2) is 5.60 Å². The first-order valence-corrected chi connectivity index (χ1v) is 11.8. The quantitative estimate of drug-likeness (QED) is 0.468. The summed E-state index contributed by atoms with van der Waals surface area (Å²) in [5.41, 5.74) is 3.09. The van der Waals surface area contributed by atoms with Crippen LogP contribution in [0.1, 0.15) is 40.7 Å². The molecule has 35 heavy (non-hydrogen) atoms. The van der Waals surface area contributed by atoms with E-state index in [0.717, 1.165) is 40.7 Å². The first-order chi connectivity index (χ1) is 17.0. The van der Waals surface area contributed by atoms with Gasteiger partial charge >= 0.3 is 11.7 Å². The fourth-order valence-electron chi connectivity index (χ4n) is 5.79. The summed E-state index contributed by atoms with van der Waals surface area (Å²) < 4.78 is 7.44. The molecule has 2 aromatic heterocycles. The number of aromatic amines is 1. The van der Waals surface area contributed by atoms with Crippen LogP contribution in [-0.2, 0) is 20.5 Å². The molecule has 1 unspecified atom stereocenters. The van der Waals surface area contributed by atoms with Crippen molar-refractivity contribution in [1.82, 2.24) is 19.4 Å². The summed E-state index contributed by atoms with van der Waals surface area (Å²) in [4.78, 5) is 47.4. The van der Waals surface area contributed by atoms with Crippen LogP contribution in [0, 0.1) is 0 Å². The van der Waals surface area contributed by atoms with Gasteiger partial charge in [-0.1, -0.05) is 24.3 Å². The number of carbonyl (C=O) groups is 2. The normalized spacial score (nSPS) is 21.9. The summed E-state index contributed by atoms with van der Waals surface area (Å²) in [6, 6.07) is 17.1. The van der Waals surface area contributed by atoms with E-state index >= 15 is 0 Å². The standard InChI is InChI=1S/C27H22N4O4/c32-23-19-15-28-13-9-20(19)27(35-23)12-14-30(16-27)24(33)26(10-11-26)17-5-7-18(8-6-17)31-22-4-2-1-3-21(22)29-25(31)34/h1-9,13,15H,10-12,14,16H2,(H,29,34). The van der Waals surface area contributed by atoms with Gasteiger partial charge in [-0.15, -0.1) is 0 Å². The lowest BCUT2D eigenvalue weighted by Gasteiger charge is -2.27. The molecule has 1 saturated heterocycles. The third-order valence-electron chi connectivity index (χ3n) is 7.77. The Morgan fingerprint density at radius 3 is 2.60 bits per heavy atom. The summed E-state index contributed by atoms with van der Waals surface area (Å²) in [6.07, 6.45) is 5.35. The highest BCUT2D eigenvalue weighted by Gasteiger charge is 2.57. The number of benzene rings is 2. The van der Waals surface area contributed by atoms with Crippen molar-refractivity contribution in [2.24, 2.45) is 0 Å². The number of para-hydroxylation sites is 2. The van der Waals surface area contributed by atoms with E-state index in [4.69, 9.17) is 4.74 Å². The van der Waals surface area contributed by atoms with Crippen LogP contribution in [0.2, 0.25) is 0 Å². The Hall–Kier alpha value is -4.20. The molecular formula is C27H22N4O4. The minimum atomic E-state index is -0.776. The highest BCUT2D eigenvalue weighted by atomic mass is 16.6. The minimum absolute atomic E-state index is 0.0740. The van der Waals surface area contributed by atoms with Crippen molar-refractivity contribution >= 4 is 22.9 Å². The van der Waals surface area contributed by atoms with Gasteiger partial charge in [0.1, 0.15) is 0 Å². The van der Waals surface area contributed by atoms with Crippen LogP contribution in [0.15, 0.2) is 71.8 Å². The zero-order chi connectivity index (χ0) is 23.8. The molecule has 8 heteroatoms. The summed E-state index contributed by atoms with van der Waals surface area (Å²) >= 11 is 0. The third kappa shape index (κ3) is 2.79. The number of imidazole rings is 1. The molecule has 2 aliphatic heterocycles. The average Bonchev–Trinajstić information content (AvgIpc) is 3.36. The van der Waals surface area contributed by atoms with Gasteiger partial charge in [-0.25, -0.2) is 9.59 Å². The van der Waals surface area contributed by atoms with Crippen LogP contribution < -0.4 is 5.69 Å². The Balaban J connectivity index is 1.17. The second kappa shape index (κ2) is 6.91. The van der Waals surface area contributed by atoms with E-state index in [1.165, 1.54) is 0 Å². The highest BCUT2D eigenvalue weighted by Crippen LogP contribution is 2.52. The number of hydrogen-bond donors (Lipinski definition) is 1. The first-order valence-electron chi connectivity index (χ1n) is 11.8. The molecule has 3 aliphatic rings. The van der Waals surface area contributed by atoms with Crippen molar-refractivity contribution < 1.29 is 14.3 Å². The predicted molar refractivity (Wildman–Crippen MR) is 127 cm³/mol. The topological polar surface area (TPSA) is 97.3 Å². The molecule has 2 fully saturated rings. The number of carbonyl (C=O) groups excluding carboxylic acids is 2. The maximum Gasteiger partial charge on any atom is 0.341 e. The van der Waals surface area contributed by atoms with E-state index in [1.807, 2.05) is 59.5 Å². The van der Waals surface area contributed by atoms with Crippen LogP contribution in [-0.4, -0.2) is 44.4 Å². The minimum Gasteiger partial charge on any atom is -0.449 e. The Morgan fingerprint density at radius 1 is 1.00 bits per heavy atom. The molecular weight excluding hydrogens is 444 g/mol. The Labute approximate surface area is 200 Å². The van der Waals surface area contributed by atoms with Crippen LogP contribution in [0.25, 0.3) is 16.7 Å². The molecule has 0 bridgehead atoms. The Kier molecular flexibility index (Phi) is 3.99. The number of aromatic nitrogens is 3. The van der Waals surface area contributed by atoms with Gasteiger partial charge in [-0.05, 0) is 48.7 Å². The predicted octanol–water partition coefficient (Wildman–Crippen LogP) is 3.04.